The fourth-order valence-corrected chi connectivity index (χ4v) is 4.12. The topological polar surface area (TPSA) is 20.2 Å². The molecule has 0 radical (unpaired) electrons. The fraction of sp³-hybridized carbons (Fsp3) is 1.00. The Bertz CT molecular complexity index is 195. The van der Waals surface area contributed by atoms with Crippen LogP contribution in [0.3, 0.4) is 0 Å². The predicted octanol–water partition coefficient (Wildman–Crippen LogP) is 3.10. The first-order chi connectivity index (χ1) is 6.12. The molecule has 0 bridgehead atoms. The highest BCUT2D eigenvalue weighted by Gasteiger charge is 2.44. The maximum absolute atomic E-state index is 9.78. The molecule has 13 heavy (non-hydrogen) atoms. The SMILES string of the molecule is C[C@@]12CCCC[C@H]1C[C@@H](O)[C@H](Br)C2. The van der Waals surface area contributed by atoms with Crippen molar-refractivity contribution in [3.05, 3.63) is 0 Å². The number of alkyl halides is 1. The molecule has 2 saturated carbocycles. The van der Waals surface area contributed by atoms with E-state index >= 15 is 0 Å². The van der Waals surface area contributed by atoms with Crippen molar-refractivity contribution in [1.29, 1.82) is 0 Å². The van der Waals surface area contributed by atoms with E-state index in [4.69, 9.17) is 0 Å². The lowest BCUT2D eigenvalue weighted by Crippen LogP contribution is -2.44. The highest BCUT2D eigenvalue weighted by molar-refractivity contribution is 9.09. The van der Waals surface area contributed by atoms with Crippen molar-refractivity contribution < 1.29 is 5.11 Å². The smallest absolute Gasteiger partial charge is 0.0668 e. The summed E-state index contributed by atoms with van der Waals surface area (Å²) >= 11 is 3.60. The normalized spacial score (nSPS) is 51.5. The Morgan fingerprint density at radius 3 is 2.92 bits per heavy atom. The van der Waals surface area contributed by atoms with Gasteiger partial charge < -0.3 is 5.11 Å². The minimum absolute atomic E-state index is 0.101. The van der Waals surface area contributed by atoms with Gasteiger partial charge in [-0.15, -0.1) is 0 Å². The molecule has 0 unspecified atom stereocenters. The second-order valence-electron chi connectivity index (χ2n) is 5.12. The Balaban J connectivity index is 2.10. The van der Waals surface area contributed by atoms with E-state index in [1.54, 1.807) is 0 Å². The first kappa shape index (κ1) is 9.97. The average molecular weight is 247 g/mol. The van der Waals surface area contributed by atoms with Gasteiger partial charge in [-0.1, -0.05) is 35.7 Å². The van der Waals surface area contributed by atoms with Crippen molar-refractivity contribution in [2.75, 3.05) is 0 Å². The third kappa shape index (κ3) is 1.80. The predicted molar refractivity (Wildman–Crippen MR) is 58.0 cm³/mol. The van der Waals surface area contributed by atoms with Gasteiger partial charge in [0.2, 0.25) is 0 Å². The van der Waals surface area contributed by atoms with Crippen LogP contribution in [0, 0.1) is 11.3 Å². The van der Waals surface area contributed by atoms with E-state index in [1.165, 1.54) is 32.1 Å². The Labute approximate surface area is 89.0 Å². The molecular weight excluding hydrogens is 228 g/mol. The van der Waals surface area contributed by atoms with E-state index in [0.717, 1.165) is 12.3 Å². The van der Waals surface area contributed by atoms with Crippen LogP contribution in [-0.2, 0) is 0 Å². The molecule has 1 N–H and O–H groups in total. The molecule has 76 valence electrons. The molecule has 0 spiro atoms. The van der Waals surface area contributed by atoms with Crippen LogP contribution in [0.2, 0.25) is 0 Å². The summed E-state index contributed by atoms with van der Waals surface area (Å²) in [7, 11) is 0. The van der Waals surface area contributed by atoms with Crippen LogP contribution in [0.5, 0.6) is 0 Å². The highest BCUT2D eigenvalue weighted by atomic mass is 79.9. The van der Waals surface area contributed by atoms with E-state index < -0.39 is 0 Å². The maximum Gasteiger partial charge on any atom is 0.0668 e. The number of rotatable bonds is 0. The second-order valence-corrected chi connectivity index (χ2v) is 6.30. The fourth-order valence-electron chi connectivity index (χ4n) is 3.16. The summed E-state index contributed by atoms with van der Waals surface area (Å²) in [6, 6.07) is 0. The van der Waals surface area contributed by atoms with Crippen molar-refractivity contribution >= 4 is 15.9 Å². The number of aliphatic hydroxyl groups is 1. The first-order valence-corrected chi connectivity index (χ1v) is 6.35. The second kappa shape index (κ2) is 3.54. The number of hydrogen-bond acceptors (Lipinski definition) is 1. The number of aliphatic hydroxyl groups excluding tert-OH is 1. The van der Waals surface area contributed by atoms with Crippen LogP contribution < -0.4 is 0 Å². The molecule has 1 nitrogen and oxygen atoms in total. The third-order valence-corrected chi connectivity index (χ3v) is 5.07. The van der Waals surface area contributed by atoms with Crippen LogP contribution >= 0.6 is 15.9 Å². The molecule has 0 aromatic carbocycles. The monoisotopic (exact) mass is 246 g/mol. The van der Waals surface area contributed by atoms with Gasteiger partial charge in [0.15, 0.2) is 0 Å². The van der Waals surface area contributed by atoms with Crippen LogP contribution in [0.4, 0.5) is 0 Å². The van der Waals surface area contributed by atoms with E-state index in [0.29, 0.717) is 10.2 Å². The van der Waals surface area contributed by atoms with Gasteiger partial charge in [0.05, 0.1) is 6.10 Å². The van der Waals surface area contributed by atoms with Gasteiger partial charge in [0.1, 0.15) is 0 Å². The van der Waals surface area contributed by atoms with Gasteiger partial charge in [-0.3, -0.25) is 0 Å². The molecule has 2 aliphatic rings. The van der Waals surface area contributed by atoms with Gasteiger partial charge in [-0.05, 0) is 37.0 Å². The third-order valence-electron chi connectivity index (χ3n) is 4.14. The van der Waals surface area contributed by atoms with Crippen LogP contribution in [0.25, 0.3) is 0 Å². The van der Waals surface area contributed by atoms with E-state index in [9.17, 15) is 5.11 Å². The summed E-state index contributed by atoms with van der Waals surface area (Å²) in [5, 5.41) is 9.78. The highest BCUT2D eigenvalue weighted by Crippen LogP contribution is 2.51. The largest absolute Gasteiger partial charge is 0.392 e. The Morgan fingerprint density at radius 1 is 1.38 bits per heavy atom. The summed E-state index contributed by atoms with van der Waals surface area (Å²) < 4.78 is 0. The molecular formula is C11H19BrO. The van der Waals surface area contributed by atoms with Gasteiger partial charge in [-0.2, -0.15) is 0 Å². The minimum atomic E-state index is -0.101. The van der Waals surface area contributed by atoms with Crippen LogP contribution in [0.1, 0.15) is 45.4 Å². The molecule has 2 aliphatic carbocycles. The average Bonchev–Trinajstić information content (AvgIpc) is 2.07. The van der Waals surface area contributed by atoms with Gasteiger partial charge >= 0.3 is 0 Å². The Hall–Kier alpha value is 0.440. The van der Waals surface area contributed by atoms with Crippen LogP contribution in [-0.4, -0.2) is 16.0 Å². The minimum Gasteiger partial charge on any atom is -0.392 e. The van der Waals surface area contributed by atoms with Crippen molar-refractivity contribution in [2.45, 2.75) is 56.4 Å². The summed E-state index contributed by atoms with van der Waals surface area (Å²) in [6.45, 7) is 2.41. The molecule has 2 rings (SSSR count). The van der Waals surface area contributed by atoms with Gasteiger partial charge in [0.25, 0.3) is 0 Å². The summed E-state index contributed by atoms with van der Waals surface area (Å²) in [5.74, 6) is 0.782. The Morgan fingerprint density at radius 2 is 2.15 bits per heavy atom. The molecule has 2 fully saturated rings. The molecule has 2 heteroatoms. The lowest BCUT2D eigenvalue weighted by atomic mass is 9.60. The molecule has 0 aliphatic heterocycles. The van der Waals surface area contributed by atoms with Gasteiger partial charge in [-0.25, -0.2) is 0 Å². The van der Waals surface area contributed by atoms with Crippen LogP contribution in [0.15, 0.2) is 0 Å². The lowest BCUT2D eigenvalue weighted by Gasteiger charge is -2.48. The zero-order valence-corrected chi connectivity index (χ0v) is 9.89. The lowest BCUT2D eigenvalue weighted by molar-refractivity contribution is -0.000942. The summed E-state index contributed by atoms with van der Waals surface area (Å²) in [4.78, 5) is 0.340. The summed E-state index contributed by atoms with van der Waals surface area (Å²) in [5.41, 5.74) is 0.519. The molecule has 0 heterocycles. The van der Waals surface area contributed by atoms with Gasteiger partial charge in [0, 0.05) is 4.83 Å². The first-order valence-electron chi connectivity index (χ1n) is 5.44. The zero-order chi connectivity index (χ0) is 9.47. The van der Waals surface area contributed by atoms with Crippen molar-refractivity contribution in [3.8, 4) is 0 Å². The number of halogens is 1. The molecule has 0 aromatic rings. The Kier molecular flexibility index (Phi) is 2.72. The summed E-state index contributed by atoms with van der Waals surface area (Å²) in [6.07, 6.45) is 7.56. The van der Waals surface area contributed by atoms with Crippen molar-refractivity contribution in [1.82, 2.24) is 0 Å². The maximum atomic E-state index is 9.78. The molecule has 4 atom stereocenters. The number of hydrogen-bond donors (Lipinski definition) is 1. The standard InChI is InChI=1S/C11H19BrO/c1-11-5-3-2-4-8(11)6-10(13)9(12)7-11/h8-10,13H,2-7H2,1H3/t8-,9+,10+,11-/m0/s1. The van der Waals surface area contributed by atoms with Crippen molar-refractivity contribution in [3.63, 3.8) is 0 Å². The molecule has 0 aromatic heterocycles. The zero-order valence-electron chi connectivity index (χ0n) is 8.30. The van der Waals surface area contributed by atoms with E-state index in [1.807, 2.05) is 0 Å². The quantitative estimate of drug-likeness (QED) is 0.652. The number of fused-ring (bicyclic) bond motifs is 1. The molecule has 0 saturated heterocycles. The molecule has 0 amide bonds. The van der Waals surface area contributed by atoms with E-state index in [2.05, 4.69) is 22.9 Å². The van der Waals surface area contributed by atoms with Crippen molar-refractivity contribution in [2.24, 2.45) is 11.3 Å². The van der Waals surface area contributed by atoms with E-state index in [-0.39, 0.29) is 6.10 Å².